The van der Waals surface area contributed by atoms with Gasteiger partial charge in [-0.3, -0.25) is 0 Å². The Kier molecular flexibility index (Phi) is 3.86. The zero-order chi connectivity index (χ0) is 17.2. The average molecular weight is 329 g/mol. The van der Waals surface area contributed by atoms with Crippen molar-refractivity contribution in [2.45, 2.75) is 0 Å². The largest absolute Gasteiger partial charge is 0.481 e. The van der Waals surface area contributed by atoms with E-state index in [9.17, 15) is 4.39 Å². The highest BCUT2D eigenvalue weighted by Crippen LogP contribution is 2.35. The van der Waals surface area contributed by atoms with Crippen molar-refractivity contribution in [2.24, 2.45) is 0 Å². The van der Waals surface area contributed by atoms with Crippen molar-refractivity contribution in [3.63, 3.8) is 0 Å². The molecule has 0 aliphatic heterocycles. The Morgan fingerprint density at radius 2 is 1.84 bits per heavy atom. The molecule has 0 fully saturated rings. The molecule has 2 aromatic heterocycles. The molecule has 2 aromatic carbocycles. The van der Waals surface area contributed by atoms with Crippen LogP contribution in [0.25, 0.3) is 33.3 Å². The lowest BCUT2D eigenvalue weighted by Crippen LogP contribution is -1.95. The minimum Gasteiger partial charge on any atom is -0.481 e. The maximum absolute atomic E-state index is 13.7. The fourth-order valence-electron chi connectivity index (χ4n) is 2.88. The normalized spacial score (nSPS) is 10.8. The molecule has 121 valence electrons. The second kappa shape index (κ2) is 6.32. The molecule has 4 heteroatoms. The number of benzene rings is 2. The molecule has 0 unspecified atom stereocenters. The van der Waals surface area contributed by atoms with Gasteiger partial charge in [-0.05, 0) is 23.8 Å². The number of fused-ring (bicyclic) bond motifs is 1. The van der Waals surface area contributed by atoms with Gasteiger partial charge in [-0.2, -0.15) is 0 Å². The van der Waals surface area contributed by atoms with Gasteiger partial charge >= 0.3 is 0 Å². The van der Waals surface area contributed by atoms with Gasteiger partial charge in [0, 0.05) is 23.4 Å². The predicted octanol–water partition coefficient (Wildman–Crippen LogP) is 4.91. The monoisotopic (exact) mass is 329 g/mol. The fraction of sp³-hybridized carbons (Fsp3) is 0.0476. The molecule has 0 spiro atoms. The number of methoxy groups -OCH3 is 1. The Hall–Kier alpha value is -3.27. The third kappa shape index (κ3) is 2.83. The van der Waals surface area contributed by atoms with Crippen LogP contribution in [0.4, 0.5) is 4.39 Å². The van der Waals surface area contributed by atoms with Gasteiger partial charge in [-0.15, -0.1) is 0 Å². The molecule has 0 N–H and O–H groups in total. The number of halogens is 1. The van der Waals surface area contributed by atoms with Crippen LogP contribution in [0, 0.1) is 11.9 Å². The number of ether oxygens (including phenoxy) is 1. The molecule has 4 aromatic rings. The van der Waals surface area contributed by atoms with E-state index >= 15 is 0 Å². The number of nitrogens with zero attached hydrogens (tertiary/aromatic N) is 2. The molecule has 0 saturated carbocycles. The van der Waals surface area contributed by atoms with Crippen LogP contribution in [0.5, 0.6) is 5.88 Å². The second-order valence-corrected chi connectivity index (χ2v) is 5.56. The van der Waals surface area contributed by atoms with Crippen molar-refractivity contribution in [3.8, 4) is 28.3 Å². The predicted molar refractivity (Wildman–Crippen MR) is 95.8 cm³/mol. The lowest BCUT2D eigenvalue weighted by Gasteiger charge is -2.13. The summed E-state index contributed by atoms with van der Waals surface area (Å²) in [6, 6.07) is 21.0. The van der Waals surface area contributed by atoms with E-state index in [0.717, 1.165) is 22.0 Å². The number of hydrogen-bond donors (Lipinski definition) is 0. The maximum Gasteiger partial charge on any atom is 0.222 e. The van der Waals surface area contributed by atoms with Crippen LogP contribution in [0.3, 0.4) is 0 Å². The lowest BCUT2D eigenvalue weighted by atomic mass is 9.97. The van der Waals surface area contributed by atoms with Crippen LogP contribution in [-0.4, -0.2) is 17.1 Å². The summed E-state index contributed by atoms with van der Waals surface area (Å²) in [5.74, 6) is 0.104. The Morgan fingerprint density at radius 1 is 1.00 bits per heavy atom. The molecule has 2 heterocycles. The van der Waals surface area contributed by atoms with E-state index in [4.69, 9.17) is 9.72 Å². The standard InChI is InChI=1S/C21H14FN2O/c1-25-21-18-13-17(14-6-3-2-4-7-14)20(24-19(18)10-11-23-21)15-8-5-9-16(22)12-15/h2-8,10-13H,1H3. The van der Waals surface area contributed by atoms with Crippen molar-refractivity contribution in [2.75, 3.05) is 7.11 Å². The number of rotatable bonds is 3. The summed E-state index contributed by atoms with van der Waals surface area (Å²) in [4.78, 5) is 9.02. The van der Waals surface area contributed by atoms with Crippen LogP contribution < -0.4 is 4.74 Å². The Morgan fingerprint density at radius 3 is 2.60 bits per heavy atom. The zero-order valence-corrected chi connectivity index (χ0v) is 13.5. The minimum absolute atomic E-state index is 0.411. The molecule has 0 aliphatic carbocycles. The van der Waals surface area contributed by atoms with E-state index in [1.54, 1.807) is 19.4 Å². The highest BCUT2D eigenvalue weighted by Gasteiger charge is 2.14. The summed E-state index contributed by atoms with van der Waals surface area (Å²) < 4.78 is 19.1. The molecule has 4 rings (SSSR count). The van der Waals surface area contributed by atoms with Crippen LogP contribution in [0.1, 0.15) is 0 Å². The van der Waals surface area contributed by atoms with Crippen LogP contribution in [-0.2, 0) is 0 Å². The van der Waals surface area contributed by atoms with Gasteiger partial charge in [-0.1, -0.05) is 42.5 Å². The SMILES string of the molecule is COc1nccc2nc(-c3cc[c]c(F)c3)c(-c3ccccc3)cc12. The first kappa shape index (κ1) is 15.3. The average Bonchev–Trinajstić information content (AvgIpc) is 2.67. The quantitative estimate of drug-likeness (QED) is 0.535. The molecule has 0 amide bonds. The first-order valence-electron chi connectivity index (χ1n) is 7.83. The van der Waals surface area contributed by atoms with Crippen molar-refractivity contribution >= 4 is 10.9 Å². The van der Waals surface area contributed by atoms with E-state index in [-0.39, 0.29) is 0 Å². The Labute approximate surface area is 144 Å². The highest BCUT2D eigenvalue weighted by molar-refractivity contribution is 5.93. The smallest absolute Gasteiger partial charge is 0.222 e. The van der Waals surface area contributed by atoms with Gasteiger partial charge in [0.2, 0.25) is 5.88 Å². The fourth-order valence-corrected chi connectivity index (χ4v) is 2.88. The summed E-state index contributed by atoms with van der Waals surface area (Å²) in [5.41, 5.74) is 4.04. The third-order valence-electron chi connectivity index (χ3n) is 4.02. The number of pyridine rings is 2. The number of aromatic nitrogens is 2. The molecule has 25 heavy (non-hydrogen) atoms. The summed E-state index contributed by atoms with van der Waals surface area (Å²) in [6.45, 7) is 0. The minimum atomic E-state index is -0.411. The molecule has 0 bridgehead atoms. The second-order valence-electron chi connectivity index (χ2n) is 5.56. The summed E-state index contributed by atoms with van der Waals surface area (Å²) >= 11 is 0. The van der Waals surface area contributed by atoms with E-state index in [1.165, 1.54) is 6.07 Å². The van der Waals surface area contributed by atoms with Gasteiger partial charge in [0.15, 0.2) is 0 Å². The van der Waals surface area contributed by atoms with E-state index in [2.05, 4.69) is 11.1 Å². The summed E-state index contributed by atoms with van der Waals surface area (Å²) in [7, 11) is 1.58. The van der Waals surface area contributed by atoms with E-state index in [0.29, 0.717) is 17.1 Å². The number of hydrogen-bond acceptors (Lipinski definition) is 3. The molecular formula is C21H14FN2O. The van der Waals surface area contributed by atoms with E-state index < -0.39 is 5.82 Å². The molecular weight excluding hydrogens is 315 g/mol. The molecule has 0 saturated heterocycles. The lowest BCUT2D eigenvalue weighted by molar-refractivity contribution is 0.403. The van der Waals surface area contributed by atoms with Crippen LogP contribution in [0.2, 0.25) is 0 Å². The first-order valence-corrected chi connectivity index (χ1v) is 7.83. The molecule has 0 atom stereocenters. The van der Waals surface area contributed by atoms with Crippen molar-refractivity contribution in [3.05, 3.63) is 78.7 Å². The van der Waals surface area contributed by atoms with E-state index in [1.807, 2.05) is 48.5 Å². The molecule has 1 radical (unpaired) electrons. The third-order valence-corrected chi connectivity index (χ3v) is 4.02. The summed E-state index contributed by atoms with van der Waals surface area (Å²) in [6.07, 6.45) is 1.65. The maximum atomic E-state index is 13.7. The Balaban J connectivity index is 2.06. The van der Waals surface area contributed by atoms with Gasteiger partial charge in [-0.25, -0.2) is 14.4 Å². The molecule has 0 aliphatic rings. The van der Waals surface area contributed by atoms with Gasteiger partial charge in [0.25, 0.3) is 0 Å². The molecule has 3 nitrogen and oxygen atoms in total. The van der Waals surface area contributed by atoms with Gasteiger partial charge in [0.1, 0.15) is 5.82 Å². The van der Waals surface area contributed by atoms with Crippen molar-refractivity contribution in [1.29, 1.82) is 0 Å². The zero-order valence-electron chi connectivity index (χ0n) is 13.5. The van der Waals surface area contributed by atoms with Crippen molar-refractivity contribution in [1.82, 2.24) is 9.97 Å². The van der Waals surface area contributed by atoms with Crippen LogP contribution in [0.15, 0.2) is 66.9 Å². The topological polar surface area (TPSA) is 35.0 Å². The van der Waals surface area contributed by atoms with Crippen molar-refractivity contribution < 1.29 is 9.13 Å². The van der Waals surface area contributed by atoms with Gasteiger partial charge < -0.3 is 4.74 Å². The van der Waals surface area contributed by atoms with Gasteiger partial charge in [0.05, 0.1) is 23.7 Å². The first-order chi connectivity index (χ1) is 12.3. The highest BCUT2D eigenvalue weighted by atomic mass is 19.1. The summed E-state index contributed by atoms with van der Waals surface area (Å²) in [5, 5.41) is 0.815. The van der Waals surface area contributed by atoms with Crippen LogP contribution >= 0.6 is 0 Å². The Bertz CT molecular complexity index is 1050.